The molecule has 0 saturated heterocycles. The summed E-state index contributed by atoms with van der Waals surface area (Å²) in [6.45, 7) is 5.62. The van der Waals surface area contributed by atoms with Gasteiger partial charge in [0, 0.05) is 17.4 Å². The second kappa shape index (κ2) is 7.31. The van der Waals surface area contributed by atoms with Crippen molar-refractivity contribution in [3.05, 3.63) is 93.7 Å². The number of aryl methyl sites for hydroxylation is 3. The van der Waals surface area contributed by atoms with E-state index in [9.17, 15) is 9.59 Å². The van der Waals surface area contributed by atoms with Crippen molar-refractivity contribution < 1.29 is 4.79 Å². The summed E-state index contributed by atoms with van der Waals surface area (Å²) < 4.78 is 1.56. The van der Waals surface area contributed by atoms with Crippen molar-refractivity contribution in [3.63, 3.8) is 0 Å². The van der Waals surface area contributed by atoms with Crippen LogP contribution in [-0.4, -0.2) is 20.4 Å². The number of anilines is 1. The van der Waals surface area contributed by atoms with Crippen molar-refractivity contribution in [2.24, 2.45) is 0 Å². The Kier molecular flexibility index (Phi) is 4.68. The molecule has 0 aliphatic rings. The van der Waals surface area contributed by atoms with E-state index < -0.39 is 0 Å². The fourth-order valence-corrected chi connectivity index (χ4v) is 3.34. The molecule has 0 spiro atoms. The predicted molar refractivity (Wildman–Crippen MR) is 114 cm³/mol. The first-order chi connectivity index (χ1) is 13.9. The third-order valence-electron chi connectivity index (χ3n) is 4.81. The van der Waals surface area contributed by atoms with Crippen LogP contribution >= 0.6 is 0 Å². The van der Waals surface area contributed by atoms with Gasteiger partial charge >= 0.3 is 0 Å². The van der Waals surface area contributed by atoms with Gasteiger partial charge in [-0.25, -0.2) is 9.97 Å². The molecule has 0 unspecified atom stereocenters. The average molecular weight is 384 g/mol. The summed E-state index contributed by atoms with van der Waals surface area (Å²) in [6.07, 6.45) is 1.62. The standard InChI is InChI=1S/C23H20N4O2/c1-14-6-4-7-17(12-14)22(28)26-20-10-9-18(13-15(20)2)27-16(3)25-21-19(23(27)29)8-5-11-24-21/h4-13H,1-3H3,(H,26,28). The maximum absolute atomic E-state index is 13.0. The van der Waals surface area contributed by atoms with E-state index >= 15 is 0 Å². The number of hydrogen-bond acceptors (Lipinski definition) is 4. The molecule has 29 heavy (non-hydrogen) atoms. The smallest absolute Gasteiger partial charge is 0.267 e. The highest BCUT2D eigenvalue weighted by molar-refractivity contribution is 6.04. The van der Waals surface area contributed by atoms with Crippen molar-refractivity contribution in [3.8, 4) is 5.69 Å². The third kappa shape index (κ3) is 3.52. The van der Waals surface area contributed by atoms with Gasteiger partial charge in [0.2, 0.25) is 0 Å². The lowest BCUT2D eigenvalue weighted by atomic mass is 10.1. The molecule has 0 bridgehead atoms. The molecule has 0 fully saturated rings. The number of carbonyl (C=O) groups excluding carboxylic acids is 1. The van der Waals surface area contributed by atoms with E-state index in [1.54, 1.807) is 48.0 Å². The molecular weight excluding hydrogens is 364 g/mol. The summed E-state index contributed by atoms with van der Waals surface area (Å²) in [5.74, 6) is 0.383. The minimum Gasteiger partial charge on any atom is -0.322 e. The quantitative estimate of drug-likeness (QED) is 0.580. The van der Waals surface area contributed by atoms with E-state index in [0.717, 1.165) is 11.1 Å². The van der Waals surface area contributed by atoms with Crippen LogP contribution in [0.5, 0.6) is 0 Å². The highest BCUT2D eigenvalue weighted by Gasteiger charge is 2.13. The zero-order valence-corrected chi connectivity index (χ0v) is 16.4. The molecule has 0 atom stereocenters. The average Bonchev–Trinajstić information content (AvgIpc) is 2.70. The van der Waals surface area contributed by atoms with Gasteiger partial charge in [-0.1, -0.05) is 17.7 Å². The van der Waals surface area contributed by atoms with E-state index in [2.05, 4.69) is 15.3 Å². The van der Waals surface area contributed by atoms with Gasteiger partial charge in [-0.05, 0) is 68.8 Å². The van der Waals surface area contributed by atoms with Crippen molar-refractivity contribution in [1.29, 1.82) is 0 Å². The lowest BCUT2D eigenvalue weighted by Crippen LogP contribution is -2.23. The van der Waals surface area contributed by atoms with Gasteiger partial charge in [-0.3, -0.25) is 14.2 Å². The number of benzene rings is 2. The van der Waals surface area contributed by atoms with E-state index in [4.69, 9.17) is 0 Å². The summed E-state index contributed by atoms with van der Waals surface area (Å²) in [5, 5.41) is 3.40. The second-order valence-corrected chi connectivity index (χ2v) is 7.00. The van der Waals surface area contributed by atoms with Crippen molar-refractivity contribution in [1.82, 2.24) is 14.5 Å². The molecule has 0 saturated carbocycles. The van der Waals surface area contributed by atoms with E-state index in [0.29, 0.717) is 33.8 Å². The fraction of sp³-hybridized carbons (Fsp3) is 0.130. The van der Waals surface area contributed by atoms with E-state index in [-0.39, 0.29) is 11.5 Å². The molecule has 144 valence electrons. The number of aromatic nitrogens is 3. The highest BCUT2D eigenvalue weighted by atomic mass is 16.1. The van der Waals surface area contributed by atoms with Crippen LogP contribution in [0.15, 0.2) is 65.6 Å². The Balaban J connectivity index is 1.70. The van der Waals surface area contributed by atoms with Crippen LogP contribution in [0.3, 0.4) is 0 Å². The van der Waals surface area contributed by atoms with Gasteiger partial charge in [0.1, 0.15) is 5.82 Å². The Morgan fingerprint density at radius 1 is 1.00 bits per heavy atom. The number of nitrogens with zero attached hydrogens (tertiary/aromatic N) is 3. The summed E-state index contributed by atoms with van der Waals surface area (Å²) in [6, 6.07) is 16.3. The summed E-state index contributed by atoms with van der Waals surface area (Å²) in [5.41, 5.74) is 4.13. The van der Waals surface area contributed by atoms with E-state index in [1.165, 1.54) is 0 Å². The molecule has 4 aromatic rings. The molecule has 6 heteroatoms. The number of carbonyl (C=O) groups is 1. The molecule has 4 rings (SSSR count). The van der Waals surface area contributed by atoms with Gasteiger partial charge < -0.3 is 5.32 Å². The van der Waals surface area contributed by atoms with Crippen LogP contribution in [-0.2, 0) is 0 Å². The summed E-state index contributed by atoms with van der Waals surface area (Å²) >= 11 is 0. The molecule has 1 N–H and O–H groups in total. The molecule has 0 aliphatic carbocycles. The minimum atomic E-state index is -0.170. The molecule has 0 aliphatic heterocycles. The van der Waals surface area contributed by atoms with Crippen molar-refractivity contribution in [2.45, 2.75) is 20.8 Å². The summed E-state index contributed by atoms with van der Waals surface area (Å²) in [4.78, 5) is 34.1. The monoisotopic (exact) mass is 384 g/mol. The third-order valence-corrected chi connectivity index (χ3v) is 4.81. The second-order valence-electron chi connectivity index (χ2n) is 7.00. The fourth-order valence-electron chi connectivity index (χ4n) is 3.34. The molecular formula is C23H20N4O2. The molecule has 0 radical (unpaired) electrons. The Morgan fingerprint density at radius 3 is 2.59 bits per heavy atom. The highest BCUT2D eigenvalue weighted by Crippen LogP contribution is 2.21. The molecule has 6 nitrogen and oxygen atoms in total. The number of fused-ring (bicyclic) bond motifs is 1. The lowest BCUT2D eigenvalue weighted by molar-refractivity contribution is 0.102. The van der Waals surface area contributed by atoms with Crippen molar-refractivity contribution in [2.75, 3.05) is 5.32 Å². The Bertz CT molecular complexity index is 1310. The van der Waals surface area contributed by atoms with Gasteiger partial charge in [0.15, 0.2) is 5.65 Å². The Labute approximate surface area is 167 Å². The van der Waals surface area contributed by atoms with Crippen LogP contribution in [0.1, 0.15) is 27.3 Å². The number of nitrogens with one attached hydrogen (secondary N) is 1. The maximum Gasteiger partial charge on any atom is 0.267 e. The minimum absolute atomic E-state index is 0.170. The number of pyridine rings is 1. The molecule has 2 aromatic carbocycles. The lowest BCUT2D eigenvalue weighted by Gasteiger charge is -2.14. The van der Waals surface area contributed by atoms with E-state index in [1.807, 2.05) is 38.1 Å². The molecule has 2 heterocycles. The molecule has 2 aromatic heterocycles. The summed E-state index contributed by atoms with van der Waals surface area (Å²) in [7, 11) is 0. The Hall–Kier alpha value is -3.80. The molecule has 1 amide bonds. The van der Waals surface area contributed by atoms with Crippen LogP contribution in [0.25, 0.3) is 16.7 Å². The predicted octanol–water partition coefficient (Wildman–Crippen LogP) is 3.96. The number of rotatable bonds is 3. The van der Waals surface area contributed by atoms with Gasteiger partial charge in [0.25, 0.3) is 11.5 Å². The van der Waals surface area contributed by atoms with Crippen LogP contribution in [0.4, 0.5) is 5.69 Å². The maximum atomic E-state index is 13.0. The van der Waals surface area contributed by atoms with Crippen LogP contribution in [0, 0.1) is 20.8 Å². The first-order valence-electron chi connectivity index (χ1n) is 9.27. The first kappa shape index (κ1) is 18.6. The first-order valence-corrected chi connectivity index (χ1v) is 9.27. The Morgan fingerprint density at radius 2 is 1.83 bits per heavy atom. The largest absolute Gasteiger partial charge is 0.322 e. The van der Waals surface area contributed by atoms with Crippen LogP contribution in [0.2, 0.25) is 0 Å². The van der Waals surface area contributed by atoms with Crippen LogP contribution < -0.4 is 10.9 Å². The van der Waals surface area contributed by atoms with Gasteiger partial charge in [0.05, 0.1) is 11.1 Å². The topological polar surface area (TPSA) is 76.9 Å². The zero-order valence-electron chi connectivity index (χ0n) is 16.4. The normalized spacial score (nSPS) is 10.9. The SMILES string of the molecule is Cc1cccc(C(=O)Nc2ccc(-n3c(C)nc4ncccc4c3=O)cc2C)c1. The zero-order chi connectivity index (χ0) is 20.5. The van der Waals surface area contributed by atoms with Gasteiger partial charge in [-0.15, -0.1) is 0 Å². The van der Waals surface area contributed by atoms with Gasteiger partial charge in [-0.2, -0.15) is 0 Å². The number of hydrogen-bond donors (Lipinski definition) is 1. The van der Waals surface area contributed by atoms with Crippen molar-refractivity contribution >= 4 is 22.6 Å². The number of amides is 1.